The summed E-state index contributed by atoms with van der Waals surface area (Å²) < 4.78 is 5.70. The molecule has 0 unspecified atom stereocenters. The summed E-state index contributed by atoms with van der Waals surface area (Å²) in [5.74, 6) is -0.710. The predicted molar refractivity (Wildman–Crippen MR) is 67.1 cm³/mol. The van der Waals surface area contributed by atoms with Crippen molar-refractivity contribution in [2.24, 2.45) is 5.41 Å². The third-order valence-electron chi connectivity index (χ3n) is 3.93. The molecule has 0 aromatic carbocycles. The van der Waals surface area contributed by atoms with Gasteiger partial charge in [0, 0.05) is 24.5 Å². The number of hydrogen-bond donors (Lipinski definition) is 1. The summed E-state index contributed by atoms with van der Waals surface area (Å²) in [4.78, 5) is 12.7. The molecule has 0 heterocycles. The summed E-state index contributed by atoms with van der Waals surface area (Å²) in [5.41, 5.74) is 0.175. The fourth-order valence-corrected chi connectivity index (χ4v) is 2.73. The Bertz CT molecular complexity index is 265. The Kier molecular flexibility index (Phi) is 4.95. The van der Waals surface area contributed by atoms with Gasteiger partial charge >= 0.3 is 5.97 Å². The average molecular weight is 243 g/mol. The Balaban J connectivity index is 2.34. The summed E-state index contributed by atoms with van der Waals surface area (Å²) in [6.07, 6.45) is 2.38. The van der Waals surface area contributed by atoms with Gasteiger partial charge in [0.1, 0.15) is 0 Å². The first kappa shape index (κ1) is 14.5. The van der Waals surface area contributed by atoms with Crippen LogP contribution >= 0.6 is 0 Å². The van der Waals surface area contributed by atoms with Crippen LogP contribution in [-0.4, -0.2) is 48.3 Å². The molecule has 0 saturated heterocycles. The maximum absolute atomic E-state index is 10.5. The summed E-state index contributed by atoms with van der Waals surface area (Å²) in [6, 6.07) is 0.507. The van der Waals surface area contributed by atoms with Gasteiger partial charge in [-0.1, -0.05) is 13.8 Å². The molecule has 4 nitrogen and oxygen atoms in total. The second kappa shape index (κ2) is 5.83. The third kappa shape index (κ3) is 3.42. The summed E-state index contributed by atoms with van der Waals surface area (Å²) >= 11 is 0. The van der Waals surface area contributed by atoms with Crippen LogP contribution in [0, 0.1) is 5.41 Å². The van der Waals surface area contributed by atoms with Crippen molar-refractivity contribution < 1.29 is 14.6 Å². The molecule has 0 aromatic heterocycles. The van der Waals surface area contributed by atoms with Crippen LogP contribution < -0.4 is 0 Å². The van der Waals surface area contributed by atoms with Crippen LogP contribution in [0.1, 0.15) is 40.0 Å². The Morgan fingerprint density at radius 1 is 1.53 bits per heavy atom. The number of aliphatic carboxylic acids is 1. The lowest BCUT2D eigenvalue weighted by Gasteiger charge is -2.55. The van der Waals surface area contributed by atoms with Crippen LogP contribution in [0.25, 0.3) is 0 Å². The second-order valence-corrected chi connectivity index (χ2v) is 5.49. The van der Waals surface area contributed by atoms with E-state index in [1.807, 2.05) is 6.92 Å². The van der Waals surface area contributed by atoms with Crippen LogP contribution in [0.15, 0.2) is 0 Å². The molecule has 1 aliphatic carbocycles. The first-order valence-corrected chi connectivity index (χ1v) is 6.43. The van der Waals surface area contributed by atoms with Crippen LogP contribution in [0.5, 0.6) is 0 Å². The highest BCUT2D eigenvalue weighted by atomic mass is 16.5. The zero-order chi connectivity index (χ0) is 13.1. The maximum atomic E-state index is 10.5. The number of carboxylic acids is 1. The minimum Gasteiger partial charge on any atom is -0.481 e. The normalized spacial score (nSPS) is 26.9. The Hall–Kier alpha value is -0.610. The highest BCUT2D eigenvalue weighted by Gasteiger charge is 2.50. The zero-order valence-corrected chi connectivity index (χ0v) is 11.4. The lowest BCUT2D eigenvalue weighted by atomic mass is 9.64. The minimum absolute atomic E-state index is 0.175. The van der Waals surface area contributed by atoms with Gasteiger partial charge in [-0.2, -0.15) is 0 Å². The molecule has 0 bridgehead atoms. The second-order valence-electron chi connectivity index (χ2n) is 5.49. The summed E-state index contributed by atoms with van der Waals surface area (Å²) in [6.45, 7) is 8.10. The van der Waals surface area contributed by atoms with Crippen molar-refractivity contribution >= 4 is 5.97 Å². The van der Waals surface area contributed by atoms with E-state index in [1.165, 1.54) is 0 Å². The van der Waals surface area contributed by atoms with Crippen molar-refractivity contribution in [1.29, 1.82) is 0 Å². The van der Waals surface area contributed by atoms with E-state index in [1.54, 1.807) is 0 Å². The van der Waals surface area contributed by atoms with E-state index in [-0.39, 0.29) is 11.8 Å². The number of carbonyl (C=O) groups is 1. The number of hydrogen-bond acceptors (Lipinski definition) is 3. The van der Waals surface area contributed by atoms with Crippen LogP contribution in [0.3, 0.4) is 0 Å². The zero-order valence-electron chi connectivity index (χ0n) is 11.4. The fourth-order valence-electron chi connectivity index (χ4n) is 2.73. The predicted octanol–water partition coefficient (Wildman–Crippen LogP) is 1.99. The molecule has 17 heavy (non-hydrogen) atoms. The van der Waals surface area contributed by atoms with Gasteiger partial charge in [-0.3, -0.25) is 4.79 Å². The van der Waals surface area contributed by atoms with Gasteiger partial charge in [0.2, 0.25) is 0 Å². The fraction of sp³-hybridized carbons (Fsp3) is 0.923. The number of nitrogens with zero attached hydrogens (tertiary/aromatic N) is 1. The molecule has 0 spiro atoms. The molecular formula is C13H25NO3. The van der Waals surface area contributed by atoms with Crippen molar-refractivity contribution in [2.45, 2.75) is 52.2 Å². The molecule has 4 heteroatoms. The number of rotatable bonds is 7. The highest BCUT2D eigenvalue weighted by molar-refractivity contribution is 5.66. The molecule has 0 aliphatic heterocycles. The Labute approximate surface area is 104 Å². The van der Waals surface area contributed by atoms with Gasteiger partial charge in [0.25, 0.3) is 0 Å². The monoisotopic (exact) mass is 243 g/mol. The molecule has 0 amide bonds. The van der Waals surface area contributed by atoms with E-state index in [0.717, 1.165) is 26.0 Å². The quantitative estimate of drug-likeness (QED) is 0.743. The van der Waals surface area contributed by atoms with E-state index in [0.29, 0.717) is 12.1 Å². The largest absolute Gasteiger partial charge is 0.481 e. The molecule has 1 rings (SSSR count). The van der Waals surface area contributed by atoms with Gasteiger partial charge in [-0.25, -0.2) is 0 Å². The van der Waals surface area contributed by atoms with Gasteiger partial charge in [-0.15, -0.1) is 0 Å². The van der Waals surface area contributed by atoms with Gasteiger partial charge < -0.3 is 14.7 Å². The van der Waals surface area contributed by atoms with Crippen molar-refractivity contribution in [3.63, 3.8) is 0 Å². The van der Waals surface area contributed by atoms with E-state index < -0.39 is 5.97 Å². The van der Waals surface area contributed by atoms with Crippen molar-refractivity contribution in [2.75, 3.05) is 20.2 Å². The molecule has 1 fully saturated rings. The lowest BCUT2D eigenvalue weighted by Crippen LogP contribution is -2.61. The smallest absolute Gasteiger partial charge is 0.303 e. The Morgan fingerprint density at radius 3 is 2.65 bits per heavy atom. The average Bonchev–Trinajstić information content (AvgIpc) is 2.22. The number of carboxylic acid groups (broad SMARTS) is 1. The summed E-state index contributed by atoms with van der Waals surface area (Å²) in [5, 5.41) is 8.61. The highest BCUT2D eigenvalue weighted by Crippen LogP contribution is 2.45. The first-order valence-electron chi connectivity index (χ1n) is 6.43. The molecule has 100 valence electrons. The summed E-state index contributed by atoms with van der Waals surface area (Å²) in [7, 11) is 2.08. The molecule has 1 N–H and O–H groups in total. The van der Waals surface area contributed by atoms with E-state index in [2.05, 4.69) is 25.8 Å². The van der Waals surface area contributed by atoms with Crippen molar-refractivity contribution in [3.8, 4) is 0 Å². The minimum atomic E-state index is -0.710. The van der Waals surface area contributed by atoms with Crippen LogP contribution in [-0.2, 0) is 9.53 Å². The molecule has 2 atom stereocenters. The third-order valence-corrected chi connectivity index (χ3v) is 3.93. The van der Waals surface area contributed by atoms with E-state index in [9.17, 15) is 4.79 Å². The van der Waals surface area contributed by atoms with Gasteiger partial charge in [0.05, 0.1) is 6.10 Å². The van der Waals surface area contributed by atoms with E-state index >= 15 is 0 Å². The topological polar surface area (TPSA) is 49.8 Å². The maximum Gasteiger partial charge on any atom is 0.303 e. The molecule has 0 aromatic rings. The van der Waals surface area contributed by atoms with Crippen LogP contribution in [0.2, 0.25) is 0 Å². The molecular weight excluding hydrogens is 218 g/mol. The van der Waals surface area contributed by atoms with Crippen LogP contribution in [0.4, 0.5) is 0 Å². The standard InChI is InChI=1S/C13H25NO3/c1-5-17-11-9-10(13(11,2)3)14(4)8-6-7-12(15)16/h10-11H,5-9H2,1-4H3,(H,15,16)/t10-,11+/m0/s1. The van der Waals surface area contributed by atoms with Crippen molar-refractivity contribution in [3.05, 3.63) is 0 Å². The first-order chi connectivity index (χ1) is 7.89. The van der Waals surface area contributed by atoms with Crippen molar-refractivity contribution in [1.82, 2.24) is 4.90 Å². The SMILES string of the molecule is CCO[C@@H]1C[C@H](N(C)CCCC(=O)O)C1(C)C. The molecule has 1 aliphatic rings. The van der Waals surface area contributed by atoms with E-state index in [4.69, 9.17) is 9.84 Å². The number of ether oxygens (including phenoxy) is 1. The lowest BCUT2D eigenvalue weighted by molar-refractivity contribution is -0.146. The molecule has 1 saturated carbocycles. The molecule has 0 radical (unpaired) electrons. The van der Waals surface area contributed by atoms with Gasteiger partial charge in [0.15, 0.2) is 0 Å². The van der Waals surface area contributed by atoms with Gasteiger partial charge in [-0.05, 0) is 33.4 Å². The Morgan fingerprint density at radius 2 is 2.18 bits per heavy atom.